The molecule has 0 aliphatic carbocycles. The number of thiocarbonyl (C=S) groups is 1. The summed E-state index contributed by atoms with van der Waals surface area (Å²) in [4.78, 5) is 17.0. The van der Waals surface area contributed by atoms with Crippen LogP contribution in [-0.2, 0) is 4.79 Å². The Balaban J connectivity index is 1.38. The van der Waals surface area contributed by atoms with Gasteiger partial charge in [0.15, 0.2) is 10.7 Å². The van der Waals surface area contributed by atoms with E-state index in [4.69, 9.17) is 21.4 Å². The number of nitrogens with zero attached hydrogens (tertiary/aromatic N) is 1. The Hall–Kier alpha value is -3.49. The maximum absolute atomic E-state index is 12.3. The number of ether oxygens (including phenoxy) is 1. The highest BCUT2D eigenvalue weighted by molar-refractivity contribution is 9.10. The van der Waals surface area contributed by atoms with Crippen molar-refractivity contribution < 1.29 is 13.9 Å². The van der Waals surface area contributed by atoms with Crippen LogP contribution in [0.4, 0.5) is 5.69 Å². The van der Waals surface area contributed by atoms with Crippen LogP contribution in [0.5, 0.6) is 5.75 Å². The second-order valence-electron chi connectivity index (χ2n) is 8.30. The fraction of sp³-hybridized carbons (Fsp3) is 0.179. The maximum atomic E-state index is 12.3. The van der Waals surface area contributed by atoms with Gasteiger partial charge in [0.05, 0.1) is 7.11 Å². The molecule has 4 rings (SSSR count). The molecule has 1 heterocycles. The van der Waals surface area contributed by atoms with Crippen LogP contribution in [0.3, 0.4) is 0 Å². The van der Waals surface area contributed by atoms with Gasteiger partial charge in [-0.05, 0) is 90.8 Å². The van der Waals surface area contributed by atoms with E-state index in [9.17, 15) is 4.79 Å². The molecule has 1 aromatic heterocycles. The number of aromatic nitrogens is 1. The quantitative estimate of drug-likeness (QED) is 0.181. The Morgan fingerprint density at radius 1 is 1.17 bits per heavy atom. The van der Waals surface area contributed by atoms with Gasteiger partial charge in [-0.1, -0.05) is 35.8 Å². The van der Waals surface area contributed by atoms with E-state index in [2.05, 4.69) is 57.5 Å². The SMILES string of the molecule is CCC(C)c1ccc2oc(-c3ccc(NC(=S)NC(=O)C=Cc4cc(Br)ccc4OC)cc3)nc2c1. The molecule has 1 atom stereocenters. The van der Waals surface area contributed by atoms with Gasteiger partial charge in [-0.3, -0.25) is 10.1 Å². The van der Waals surface area contributed by atoms with E-state index in [1.807, 2.05) is 48.5 Å². The summed E-state index contributed by atoms with van der Waals surface area (Å²) in [5.41, 5.74) is 5.22. The van der Waals surface area contributed by atoms with Gasteiger partial charge < -0.3 is 14.5 Å². The predicted molar refractivity (Wildman–Crippen MR) is 152 cm³/mol. The zero-order valence-corrected chi connectivity index (χ0v) is 22.6. The number of rotatable bonds is 7. The predicted octanol–water partition coefficient (Wildman–Crippen LogP) is 7.31. The first-order valence-corrected chi connectivity index (χ1v) is 12.7. The van der Waals surface area contributed by atoms with Crippen molar-refractivity contribution in [2.24, 2.45) is 0 Å². The highest BCUT2D eigenvalue weighted by Crippen LogP contribution is 2.28. The minimum atomic E-state index is -0.352. The molecular formula is C28H26BrN3O3S. The fourth-order valence-electron chi connectivity index (χ4n) is 3.62. The molecule has 0 radical (unpaired) electrons. The summed E-state index contributed by atoms with van der Waals surface area (Å²) in [6.45, 7) is 4.38. The number of benzene rings is 3. The molecule has 4 aromatic rings. The summed E-state index contributed by atoms with van der Waals surface area (Å²) in [6, 6.07) is 19.2. The number of carbonyl (C=O) groups excluding carboxylic acids is 1. The molecule has 1 amide bonds. The largest absolute Gasteiger partial charge is 0.496 e. The summed E-state index contributed by atoms with van der Waals surface area (Å²) in [5.74, 6) is 1.34. The fourth-order valence-corrected chi connectivity index (χ4v) is 4.22. The van der Waals surface area contributed by atoms with Crippen molar-refractivity contribution in [3.63, 3.8) is 0 Å². The van der Waals surface area contributed by atoms with E-state index in [0.29, 0.717) is 17.6 Å². The lowest BCUT2D eigenvalue weighted by atomic mass is 9.98. The van der Waals surface area contributed by atoms with Crippen molar-refractivity contribution in [2.75, 3.05) is 12.4 Å². The number of amides is 1. The summed E-state index contributed by atoms with van der Waals surface area (Å²) >= 11 is 8.70. The van der Waals surface area contributed by atoms with E-state index < -0.39 is 0 Å². The lowest BCUT2D eigenvalue weighted by Gasteiger charge is -2.09. The van der Waals surface area contributed by atoms with Gasteiger partial charge in [-0.2, -0.15) is 0 Å². The molecule has 0 bridgehead atoms. The number of nitrogens with one attached hydrogen (secondary N) is 2. The average molecular weight is 565 g/mol. The van der Waals surface area contributed by atoms with Crippen LogP contribution >= 0.6 is 28.1 Å². The van der Waals surface area contributed by atoms with E-state index in [-0.39, 0.29) is 11.0 Å². The number of anilines is 1. The summed E-state index contributed by atoms with van der Waals surface area (Å²) in [7, 11) is 1.58. The molecule has 184 valence electrons. The van der Waals surface area contributed by atoms with Gasteiger partial charge in [-0.25, -0.2) is 4.98 Å². The van der Waals surface area contributed by atoms with Crippen molar-refractivity contribution in [1.82, 2.24) is 10.3 Å². The lowest BCUT2D eigenvalue weighted by Crippen LogP contribution is -2.32. The molecule has 8 heteroatoms. The van der Waals surface area contributed by atoms with Crippen LogP contribution < -0.4 is 15.4 Å². The molecule has 36 heavy (non-hydrogen) atoms. The number of fused-ring (bicyclic) bond motifs is 1. The van der Waals surface area contributed by atoms with Crippen LogP contribution in [0.1, 0.15) is 37.3 Å². The third-order valence-electron chi connectivity index (χ3n) is 5.83. The Labute approximate surface area is 223 Å². The van der Waals surface area contributed by atoms with Gasteiger partial charge in [0.25, 0.3) is 0 Å². The maximum Gasteiger partial charge on any atom is 0.250 e. The zero-order chi connectivity index (χ0) is 25.7. The number of halogens is 1. The van der Waals surface area contributed by atoms with Crippen molar-refractivity contribution in [3.8, 4) is 17.2 Å². The van der Waals surface area contributed by atoms with Gasteiger partial charge in [-0.15, -0.1) is 0 Å². The Kier molecular flexibility index (Phi) is 8.18. The third kappa shape index (κ3) is 6.19. The first-order valence-electron chi connectivity index (χ1n) is 11.5. The Bertz CT molecular complexity index is 1430. The smallest absolute Gasteiger partial charge is 0.250 e. The molecule has 0 saturated carbocycles. The second-order valence-corrected chi connectivity index (χ2v) is 9.62. The van der Waals surface area contributed by atoms with Gasteiger partial charge in [0, 0.05) is 27.4 Å². The molecule has 0 saturated heterocycles. The highest BCUT2D eigenvalue weighted by Gasteiger charge is 2.11. The van der Waals surface area contributed by atoms with Crippen LogP contribution in [0.25, 0.3) is 28.6 Å². The second kappa shape index (κ2) is 11.5. The number of carbonyl (C=O) groups is 1. The molecule has 1 unspecified atom stereocenters. The van der Waals surface area contributed by atoms with E-state index in [0.717, 1.165) is 38.8 Å². The number of methoxy groups -OCH3 is 1. The monoisotopic (exact) mass is 563 g/mol. The van der Waals surface area contributed by atoms with E-state index in [1.54, 1.807) is 13.2 Å². The van der Waals surface area contributed by atoms with Crippen LogP contribution in [0.2, 0.25) is 0 Å². The van der Waals surface area contributed by atoms with Crippen LogP contribution in [0, 0.1) is 0 Å². The van der Waals surface area contributed by atoms with E-state index in [1.165, 1.54) is 11.6 Å². The third-order valence-corrected chi connectivity index (χ3v) is 6.52. The minimum absolute atomic E-state index is 0.193. The molecule has 0 aliphatic rings. The number of hydrogen-bond acceptors (Lipinski definition) is 5. The number of oxazole rings is 1. The van der Waals surface area contributed by atoms with Crippen LogP contribution in [0.15, 0.2) is 75.6 Å². The summed E-state index contributed by atoms with van der Waals surface area (Å²) in [6.07, 6.45) is 4.15. The summed E-state index contributed by atoms with van der Waals surface area (Å²) < 4.78 is 12.2. The Morgan fingerprint density at radius 2 is 1.94 bits per heavy atom. The van der Waals surface area contributed by atoms with Crippen molar-refractivity contribution in [3.05, 3.63) is 82.3 Å². The lowest BCUT2D eigenvalue weighted by molar-refractivity contribution is -0.115. The molecule has 3 aromatic carbocycles. The van der Waals surface area contributed by atoms with Crippen molar-refractivity contribution in [1.29, 1.82) is 0 Å². The molecular weight excluding hydrogens is 538 g/mol. The standard InChI is InChI=1S/C28H26BrN3O3S/c1-4-17(2)19-7-12-25-23(16-19)31-27(35-25)18-5-10-22(11-6-18)30-28(36)32-26(33)14-8-20-15-21(29)9-13-24(20)34-3/h5-17H,4H2,1-3H3,(H2,30,32,33,36). The zero-order valence-electron chi connectivity index (χ0n) is 20.2. The van der Waals surface area contributed by atoms with Crippen molar-refractivity contribution in [2.45, 2.75) is 26.2 Å². The van der Waals surface area contributed by atoms with Gasteiger partial charge in [0.1, 0.15) is 11.3 Å². The van der Waals surface area contributed by atoms with Crippen molar-refractivity contribution >= 4 is 62.0 Å². The topological polar surface area (TPSA) is 76.4 Å². The molecule has 0 fully saturated rings. The van der Waals surface area contributed by atoms with E-state index >= 15 is 0 Å². The highest BCUT2D eigenvalue weighted by atomic mass is 79.9. The Morgan fingerprint density at radius 3 is 2.67 bits per heavy atom. The number of hydrogen-bond donors (Lipinski definition) is 2. The molecule has 0 aliphatic heterocycles. The van der Waals surface area contributed by atoms with Gasteiger partial charge in [0.2, 0.25) is 11.8 Å². The van der Waals surface area contributed by atoms with Crippen LogP contribution in [-0.4, -0.2) is 23.1 Å². The normalized spacial score (nSPS) is 12.0. The molecule has 6 nitrogen and oxygen atoms in total. The molecule has 2 N–H and O–H groups in total. The first-order chi connectivity index (χ1) is 17.4. The first kappa shape index (κ1) is 25.6. The minimum Gasteiger partial charge on any atom is -0.496 e. The average Bonchev–Trinajstić information content (AvgIpc) is 3.31. The summed E-state index contributed by atoms with van der Waals surface area (Å²) in [5, 5.41) is 5.85. The molecule has 0 spiro atoms. The van der Waals surface area contributed by atoms with Gasteiger partial charge >= 0.3 is 0 Å².